The zero-order valence-electron chi connectivity index (χ0n) is 10.6. The third kappa shape index (κ3) is 4.43. The molecule has 0 spiro atoms. The van der Waals surface area contributed by atoms with E-state index in [0.29, 0.717) is 5.75 Å². The fourth-order valence-electron chi connectivity index (χ4n) is 1.54. The van der Waals surface area contributed by atoms with Crippen LogP contribution in [0.2, 0.25) is 0 Å². The van der Waals surface area contributed by atoms with Gasteiger partial charge in [-0.25, -0.2) is 4.57 Å². The van der Waals surface area contributed by atoms with E-state index in [9.17, 15) is 9.46 Å². The number of anilines is 1. The predicted octanol–water partition coefficient (Wildman–Crippen LogP) is 3.63. The molecule has 2 rings (SSSR count). The van der Waals surface area contributed by atoms with E-state index >= 15 is 0 Å². The lowest BCUT2D eigenvalue weighted by Gasteiger charge is -2.14. The summed E-state index contributed by atoms with van der Waals surface area (Å²) >= 11 is 0. The molecule has 2 aromatic carbocycles. The van der Waals surface area contributed by atoms with Crippen molar-refractivity contribution in [1.29, 1.82) is 0 Å². The van der Waals surface area contributed by atoms with Crippen LogP contribution in [0.15, 0.2) is 54.6 Å². The van der Waals surface area contributed by atoms with Gasteiger partial charge in [0, 0.05) is 5.69 Å². The minimum absolute atomic E-state index is 0.134. The molecule has 0 aliphatic rings. The number of aryl methyl sites for hydroxylation is 1. The van der Waals surface area contributed by atoms with Crippen LogP contribution in [0.3, 0.4) is 0 Å². The molecule has 0 radical (unpaired) electrons. The van der Waals surface area contributed by atoms with Crippen LogP contribution in [0.5, 0.6) is 5.75 Å². The van der Waals surface area contributed by atoms with Crippen LogP contribution in [0.1, 0.15) is 5.56 Å². The molecule has 0 aliphatic carbocycles. The van der Waals surface area contributed by atoms with Crippen molar-refractivity contribution in [1.82, 2.24) is 0 Å². The predicted molar refractivity (Wildman–Crippen MR) is 76.6 cm³/mol. The van der Waals surface area contributed by atoms with E-state index in [1.807, 2.05) is 37.3 Å². The lowest BCUT2D eigenvalue weighted by Crippen LogP contribution is -2.06. The topological polar surface area (TPSA) is 58.6 Å². The lowest BCUT2D eigenvalue weighted by molar-refractivity contribution is 0.382. The summed E-state index contributed by atoms with van der Waals surface area (Å²) < 4.78 is 17.0. The maximum atomic E-state index is 11.9. The largest absolute Gasteiger partial charge is 0.423 e. The third-order valence-corrected chi connectivity index (χ3v) is 3.58. The summed E-state index contributed by atoms with van der Waals surface area (Å²) in [5.74, 6) is 0.388. The molecule has 0 fully saturated rings. The molecule has 0 aromatic heterocycles. The fraction of sp³-hybridized carbons (Fsp3) is 0.143. The van der Waals surface area contributed by atoms with Gasteiger partial charge >= 0.3 is 7.60 Å². The Morgan fingerprint density at radius 3 is 2.37 bits per heavy atom. The van der Waals surface area contributed by atoms with Gasteiger partial charge in [0.2, 0.25) is 0 Å². The van der Waals surface area contributed by atoms with Gasteiger partial charge in [-0.15, -0.1) is 0 Å². The molecule has 0 heterocycles. The van der Waals surface area contributed by atoms with Crippen LogP contribution in [0.4, 0.5) is 5.69 Å². The summed E-state index contributed by atoms with van der Waals surface area (Å²) in [5, 5.41) is 2.89. The highest BCUT2D eigenvalue weighted by Gasteiger charge is 2.20. The van der Waals surface area contributed by atoms with E-state index in [4.69, 9.17) is 4.52 Å². The molecule has 1 atom stereocenters. The van der Waals surface area contributed by atoms with Crippen LogP contribution >= 0.6 is 7.60 Å². The first-order chi connectivity index (χ1) is 9.05. The average Bonchev–Trinajstić information content (AvgIpc) is 2.39. The fourth-order valence-corrected chi connectivity index (χ4v) is 2.44. The lowest BCUT2D eigenvalue weighted by atomic mass is 10.2. The van der Waals surface area contributed by atoms with Crippen molar-refractivity contribution in [3.63, 3.8) is 0 Å². The van der Waals surface area contributed by atoms with Gasteiger partial charge < -0.3 is 14.7 Å². The minimum Gasteiger partial charge on any atom is -0.423 e. The molecule has 100 valence electrons. The number of benzene rings is 2. The van der Waals surface area contributed by atoms with E-state index in [1.54, 1.807) is 24.3 Å². The van der Waals surface area contributed by atoms with Crippen molar-refractivity contribution >= 4 is 13.3 Å². The quantitative estimate of drug-likeness (QED) is 0.819. The first kappa shape index (κ1) is 13.7. The Morgan fingerprint density at radius 1 is 1.11 bits per heavy atom. The molecule has 0 saturated carbocycles. The molecular weight excluding hydrogens is 261 g/mol. The van der Waals surface area contributed by atoms with Gasteiger partial charge in [0.05, 0.1) is 0 Å². The van der Waals surface area contributed by atoms with Crippen LogP contribution in [-0.2, 0) is 4.57 Å². The Kier molecular flexibility index (Phi) is 4.25. The maximum absolute atomic E-state index is 11.9. The van der Waals surface area contributed by atoms with Crippen molar-refractivity contribution in [3.05, 3.63) is 60.2 Å². The number of nitrogens with one attached hydrogen (secondary N) is 1. The summed E-state index contributed by atoms with van der Waals surface area (Å²) in [6.07, 6.45) is -0.134. The van der Waals surface area contributed by atoms with Gasteiger partial charge in [-0.05, 0) is 31.2 Å². The first-order valence-electron chi connectivity index (χ1n) is 5.92. The molecular formula is C14H16NO3P. The van der Waals surface area contributed by atoms with Crippen LogP contribution in [0.25, 0.3) is 0 Å². The maximum Gasteiger partial charge on any atom is 0.395 e. The van der Waals surface area contributed by atoms with Gasteiger partial charge in [-0.3, -0.25) is 0 Å². The zero-order chi connectivity index (χ0) is 13.7. The summed E-state index contributed by atoms with van der Waals surface area (Å²) in [5.41, 5.74) is 1.93. The van der Waals surface area contributed by atoms with Gasteiger partial charge in [0.1, 0.15) is 12.0 Å². The molecule has 4 nitrogen and oxygen atoms in total. The highest BCUT2D eigenvalue weighted by Crippen LogP contribution is 2.42. The standard InChI is InChI=1S/C14H16NO3P/c1-12-7-9-13(10-8-12)15-11-19(16,17)18-14-5-3-2-4-6-14/h2-10,15H,11H2,1H3,(H,16,17). The van der Waals surface area contributed by atoms with Crippen LogP contribution < -0.4 is 9.84 Å². The number of hydrogen-bond acceptors (Lipinski definition) is 3. The normalized spacial score (nSPS) is 13.6. The molecule has 0 bridgehead atoms. The van der Waals surface area contributed by atoms with Gasteiger partial charge in [0.15, 0.2) is 0 Å². The summed E-state index contributed by atoms with van der Waals surface area (Å²) in [6.45, 7) is 1.99. The molecule has 5 heteroatoms. The highest BCUT2D eigenvalue weighted by molar-refractivity contribution is 7.53. The highest BCUT2D eigenvalue weighted by atomic mass is 31.2. The van der Waals surface area contributed by atoms with E-state index in [2.05, 4.69) is 5.32 Å². The van der Waals surface area contributed by atoms with Crippen molar-refractivity contribution in [3.8, 4) is 5.75 Å². The second-order valence-corrected chi connectivity index (χ2v) is 6.02. The van der Waals surface area contributed by atoms with Crippen molar-refractivity contribution in [2.75, 3.05) is 11.6 Å². The van der Waals surface area contributed by atoms with Crippen LogP contribution in [-0.4, -0.2) is 11.2 Å². The molecule has 0 aliphatic heterocycles. The van der Waals surface area contributed by atoms with E-state index < -0.39 is 7.60 Å². The van der Waals surface area contributed by atoms with Crippen LogP contribution in [0, 0.1) is 6.92 Å². The Hall–Kier alpha value is -1.77. The molecule has 1 unspecified atom stereocenters. The van der Waals surface area contributed by atoms with Gasteiger partial charge in [0.25, 0.3) is 0 Å². The van der Waals surface area contributed by atoms with E-state index in [-0.39, 0.29) is 6.29 Å². The van der Waals surface area contributed by atoms with Crippen molar-refractivity contribution in [2.45, 2.75) is 6.92 Å². The minimum atomic E-state index is -3.70. The van der Waals surface area contributed by atoms with Gasteiger partial charge in [-0.1, -0.05) is 35.9 Å². The summed E-state index contributed by atoms with van der Waals surface area (Å²) in [6, 6.07) is 16.2. The third-order valence-electron chi connectivity index (χ3n) is 2.53. The van der Waals surface area contributed by atoms with E-state index in [0.717, 1.165) is 11.3 Å². The second kappa shape index (κ2) is 5.91. The Bertz CT molecular complexity index is 569. The number of hydrogen-bond donors (Lipinski definition) is 2. The van der Waals surface area contributed by atoms with E-state index in [1.165, 1.54) is 0 Å². The Morgan fingerprint density at radius 2 is 1.74 bits per heavy atom. The zero-order valence-corrected chi connectivity index (χ0v) is 11.5. The molecule has 19 heavy (non-hydrogen) atoms. The average molecular weight is 277 g/mol. The first-order valence-corrected chi connectivity index (χ1v) is 7.68. The number of rotatable bonds is 5. The van der Waals surface area contributed by atoms with Gasteiger partial charge in [-0.2, -0.15) is 0 Å². The summed E-state index contributed by atoms with van der Waals surface area (Å²) in [4.78, 5) is 9.75. The SMILES string of the molecule is Cc1ccc(NCP(=O)(O)Oc2ccccc2)cc1. The Balaban J connectivity index is 1.94. The molecule has 0 saturated heterocycles. The number of para-hydroxylation sites is 1. The van der Waals surface area contributed by atoms with Crippen molar-refractivity contribution in [2.24, 2.45) is 0 Å². The Labute approximate surface area is 112 Å². The molecule has 2 aromatic rings. The molecule has 2 N–H and O–H groups in total. The summed E-state index contributed by atoms with van der Waals surface area (Å²) in [7, 11) is -3.70. The second-order valence-electron chi connectivity index (χ2n) is 4.24. The monoisotopic (exact) mass is 277 g/mol. The smallest absolute Gasteiger partial charge is 0.395 e. The molecule has 0 amide bonds. The van der Waals surface area contributed by atoms with Crippen molar-refractivity contribution < 1.29 is 14.0 Å².